The molecule has 0 bridgehead atoms. The van der Waals surface area contributed by atoms with Crippen molar-refractivity contribution in [3.63, 3.8) is 0 Å². The van der Waals surface area contributed by atoms with Gasteiger partial charge in [0.25, 0.3) is 0 Å². The summed E-state index contributed by atoms with van der Waals surface area (Å²) in [6.07, 6.45) is 8.86. The predicted molar refractivity (Wildman–Crippen MR) is 134 cm³/mol. The van der Waals surface area contributed by atoms with Crippen LogP contribution in [0.4, 0.5) is 0 Å². The van der Waals surface area contributed by atoms with E-state index in [9.17, 15) is 14.4 Å². The van der Waals surface area contributed by atoms with Crippen LogP contribution in [-0.2, 0) is 35.6 Å². The molecule has 9 heteroatoms. The van der Waals surface area contributed by atoms with E-state index in [4.69, 9.17) is 14.2 Å². The largest absolute Gasteiger partial charge is 0.463 e. The molecule has 0 saturated carbocycles. The molecule has 2 aromatic rings. The molecule has 0 amide bonds. The van der Waals surface area contributed by atoms with Gasteiger partial charge < -0.3 is 18.8 Å². The maximum atomic E-state index is 12.0. The fourth-order valence-corrected chi connectivity index (χ4v) is 3.55. The first-order valence-corrected chi connectivity index (χ1v) is 12.1. The van der Waals surface area contributed by atoms with E-state index in [0.717, 1.165) is 34.3 Å². The van der Waals surface area contributed by atoms with E-state index >= 15 is 0 Å². The summed E-state index contributed by atoms with van der Waals surface area (Å²) in [6.45, 7) is 5.72. The third-order valence-electron chi connectivity index (χ3n) is 4.36. The summed E-state index contributed by atoms with van der Waals surface area (Å²) in [7, 11) is 1.89. The van der Waals surface area contributed by atoms with E-state index in [1.807, 2.05) is 41.9 Å². The second-order valence-electron chi connectivity index (χ2n) is 8.54. The summed E-state index contributed by atoms with van der Waals surface area (Å²) in [5, 5.41) is 0.824. The first-order valence-electron chi connectivity index (χ1n) is 11.3. The fourth-order valence-electron chi connectivity index (χ4n) is 2.70. The minimum atomic E-state index is -0.617. The van der Waals surface area contributed by atoms with Crippen LogP contribution < -0.4 is 0 Å². The Morgan fingerprint density at radius 2 is 1.51 bits per heavy atom. The van der Waals surface area contributed by atoms with Gasteiger partial charge in [-0.1, -0.05) is 30.0 Å². The van der Waals surface area contributed by atoms with E-state index in [1.165, 1.54) is 6.08 Å². The SMILES string of the molecule is Cn1c(/C=C/C(=O)OCCCCCOC(=O)/C=C/C(=O)OC(C)(C)C)cnc1Sc1ccccc1. The molecule has 0 N–H and O–H groups in total. The number of imidazole rings is 1. The first-order chi connectivity index (χ1) is 16.6. The number of esters is 3. The summed E-state index contributed by atoms with van der Waals surface area (Å²) in [4.78, 5) is 40.6. The van der Waals surface area contributed by atoms with Crippen LogP contribution >= 0.6 is 11.8 Å². The molecule has 0 spiro atoms. The van der Waals surface area contributed by atoms with E-state index in [-0.39, 0.29) is 13.2 Å². The van der Waals surface area contributed by atoms with E-state index < -0.39 is 23.5 Å². The Balaban J connectivity index is 1.59. The van der Waals surface area contributed by atoms with E-state index in [2.05, 4.69) is 4.98 Å². The summed E-state index contributed by atoms with van der Waals surface area (Å²) in [5.41, 5.74) is 0.178. The van der Waals surface area contributed by atoms with Crippen molar-refractivity contribution in [2.75, 3.05) is 13.2 Å². The van der Waals surface area contributed by atoms with Gasteiger partial charge >= 0.3 is 17.9 Å². The molecule has 1 heterocycles. The molecule has 188 valence electrons. The zero-order chi connectivity index (χ0) is 25.7. The number of carbonyl (C=O) groups is 3. The zero-order valence-electron chi connectivity index (χ0n) is 20.6. The molecule has 0 fully saturated rings. The summed E-state index contributed by atoms with van der Waals surface area (Å²) in [5.74, 6) is -1.63. The Morgan fingerprint density at radius 1 is 0.914 bits per heavy atom. The number of rotatable bonds is 12. The Kier molecular flexibility index (Phi) is 11.3. The van der Waals surface area contributed by atoms with Crippen molar-refractivity contribution in [2.24, 2.45) is 7.05 Å². The fraction of sp³-hybridized carbons (Fsp3) is 0.385. The monoisotopic (exact) mass is 500 g/mol. The standard InChI is InChI=1S/C26H32N2O6S/c1-26(2,3)34-24(31)16-15-23(30)33-18-10-6-9-17-32-22(29)14-13-20-19-27-25(28(20)4)35-21-11-7-5-8-12-21/h5,7-8,11-16,19H,6,9-10,17-18H2,1-4H3/b14-13+,16-15+. The molecule has 8 nitrogen and oxygen atoms in total. The number of carbonyl (C=O) groups excluding carboxylic acids is 3. The van der Waals surface area contributed by atoms with Crippen LogP contribution in [0.2, 0.25) is 0 Å². The normalized spacial score (nSPS) is 11.7. The van der Waals surface area contributed by atoms with Crippen molar-refractivity contribution in [1.82, 2.24) is 9.55 Å². The maximum Gasteiger partial charge on any atom is 0.331 e. The summed E-state index contributed by atoms with van der Waals surface area (Å²) >= 11 is 1.55. The quantitative estimate of drug-likeness (QED) is 0.178. The van der Waals surface area contributed by atoms with Gasteiger partial charge in [-0.2, -0.15) is 0 Å². The van der Waals surface area contributed by atoms with Gasteiger partial charge in [-0.05, 0) is 58.2 Å². The van der Waals surface area contributed by atoms with Gasteiger partial charge in [-0.3, -0.25) is 0 Å². The third-order valence-corrected chi connectivity index (χ3v) is 5.43. The highest BCUT2D eigenvalue weighted by atomic mass is 32.2. The van der Waals surface area contributed by atoms with Crippen LogP contribution in [0, 0.1) is 0 Å². The van der Waals surface area contributed by atoms with Crippen molar-refractivity contribution in [2.45, 2.75) is 55.7 Å². The van der Waals surface area contributed by atoms with Crippen LogP contribution in [0.15, 0.2) is 64.8 Å². The van der Waals surface area contributed by atoms with Gasteiger partial charge in [0, 0.05) is 30.2 Å². The van der Waals surface area contributed by atoms with Gasteiger partial charge in [-0.25, -0.2) is 19.4 Å². The zero-order valence-corrected chi connectivity index (χ0v) is 21.4. The number of nitrogens with zero attached hydrogens (tertiary/aromatic N) is 2. The van der Waals surface area contributed by atoms with Crippen molar-refractivity contribution in [1.29, 1.82) is 0 Å². The van der Waals surface area contributed by atoms with Crippen LogP contribution in [-0.4, -0.2) is 46.3 Å². The molecule has 0 aliphatic rings. The van der Waals surface area contributed by atoms with Gasteiger partial charge in [0.2, 0.25) is 0 Å². The Morgan fingerprint density at radius 3 is 2.14 bits per heavy atom. The Labute approximate surface area is 210 Å². The highest BCUT2D eigenvalue weighted by Gasteiger charge is 2.14. The van der Waals surface area contributed by atoms with Crippen LogP contribution in [0.5, 0.6) is 0 Å². The number of benzene rings is 1. The second-order valence-corrected chi connectivity index (χ2v) is 9.58. The average molecular weight is 501 g/mol. The Hall–Kier alpha value is -3.33. The highest BCUT2D eigenvalue weighted by Crippen LogP contribution is 2.26. The average Bonchev–Trinajstić information content (AvgIpc) is 3.14. The molecule has 0 atom stereocenters. The minimum Gasteiger partial charge on any atom is -0.463 e. The molecule has 0 aliphatic heterocycles. The third kappa shape index (κ3) is 11.6. The van der Waals surface area contributed by atoms with Crippen LogP contribution in [0.25, 0.3) is 6.08 Å². The molecule has 1 aromatic carbocycles. The van der Waals surface area contributed by atoms with Crippen molar-refractivity contribution < 1.29 is 28.6 Å². The van der Waals surface area contributed by atoms with Crippen LogP contribution in [0.3, 0.4) is 0 Å². The molecule has 0 saturated heterocycles. The number of aromatic nitrogens is 2. The first kappa shape index (κ1) is 27.9. The predicted octanol–water partition coefficient (Wildman–Crippen LogP) is 4.74. The second kappa shape index (κ2) is 14.2. The molecule has 0 radical (unpaired) electrons. The van der Waals surface area contributed by atoms with Gasteiger partial charge in [-0.15, -0.1) is 0 Å². The summed E-state index contributed by atoms with van der Waals surface area (Å²) < 4.78 is 17.2. The Bertz CT molecular complexity index is 1040. The molecule has 0 aliphatic carbocycles. The lowest BCUT2D eigenvalue weighted by atomic mass is 10.2. The van der Waals surface area contributed by atoms with Crippen molar-refractivity contribution in [3.8, 4) is 0 Å². The molecule has 2 rings (SSSR count). The number of hydrogen-bond donors (Lipinski definition) is 0. The minimum absolute atomic E-state index is 0.217. The lowest BCUT2D eigenvalue weighted by molar-refractivity contribution is -0.149. The van der Waals surface area contributed by atoms with Gasteiger partial charge in [0.05, 0.1) is 25.1 Å². The molecule has 35 heavy (non-hydrogen) atoms. The molecule has 1 aromatic heterocycles. The van der Waals surface area contributed by atoms with E-state index in [1.54, 1.807) is 44.8 Å². The summed E-state index contributed by atoms with van der Waals surface area (Å²) in [6, 6.07) is 9.94. The topological polar surface area (TPSA) is 96.7 Å². The van der Waals surface area contributed by atoms with E-state index in [0.29, 0.717) is 12.8 Å². The van der Waals surface area contributed by atoms with Gasteiger partial charge in [0.1, 0.15) is 5.60 Å². The lowest BCUT2D eigenvalue weighted by Gasteiger charge is -2.17. The number of unbranched alkanes of at least 4 members (excludes halogenated alkanes) is 2. The van der Waals surface area contributed by atoms with Crippen molar-refractivity contribution in [3.05, 3.63) is 60.5 Å². The molecular weight excluding hydrogens is 468 g/mol. The molecule has 0 unspecified atom stereocenters. The van der Waals surface area contributed by atoms with Crippen LogP contribution in [0.1, 0.15) is 45.7 Å². The smallest absolute Gasteiger partial charge is 0.331 e. The maximum absolute atomic E-state index is 12.0. The number of hydrogen-bond acceptors (Lipinski definition) is 8. The van der Waals surface area contributed by atoms with Gasteiger partial charge in [0.15, 0.2) is 5.16 Å². The molecular formula is C26H32N2O6S. The highest BCUT2D eigenvalue weighted by molar-refractivity contribution is 7.99. The van der Waals surface area contributed by atoms with Crippen molar-refractivity contribution >= 4 is 35.7 Å². The number of ether oxygens (including phenoxy) is 3. The lowest BCUT2D eigenvalue weighted by Crippen LogP contribution is -2.22.